The number of aliphatic hydroxyl groups is 1. The maximum absolute atomic E-state index is 9.93. The molecule has 1 heteroatoms. The van der Waals surface area contributed by atoms with Gasteiger partial charge >= 0.3 is 0 Å². The van der Waals surface area contributed by atoms with Crippen molar-refractivity contribution in [2.24, 2.45) is 29.6 Å². The van der Waals surface area contributed by atoms with E-state index in [2.05, 4.69) is 6.92 Å². The lowest BCUT2D eigenvalue weighted by Crippen LogP contribution is -2.42. The first-order chi connectivity index (χ1) is 10.3. The summed E-state index contributed by atoms with van der Waals surface area (Å²) in [6, 6.07) is 0. The molecule has 0 spiro atoms. The summed E-state index contributed by atoms with van der Waals surface area (Å²) in [5.74, 6) is 4.98. The fourth-order valence-corrected chi connectivity index (χ4v) is 5.99. The van der Waals surface area contributed by atoms with E-state index >= 15 is 0 Å². The summed E-state index contributed by atoms with van der Waals surface area (Å²) in [7, 11) is 0. The van der Waals surface area contributed by atoms with Crippen molar-refractivity contribution >= 4 is 0 Å². The van der Waals surface area contributed by atoms with Gasteiger partial charge in [-0.05, 0) is 74.5 Å². The van der Waals surface area contributed by atoms with Crippen molar-refractivity contribution < 1.29 is 5.11 Å². The Bertz CT molecular complexity index is 313. The van der Waals surface area contributed by atoms with Crippen molar-refractivity contribution in [3.05, 3.63) is 0 Å². The van der Waals surface area contributed by atoms with Crippen LogP contribution in [0.4, 0.5) is 0 Å². The molecule has 21 heavy (non-hydrogen) atoms. The molecule has 0 aromatic carbocycles. The minimum atomic E-state index is 0.0257. The minimum absolute atomic E-state index is 0.0257. The quantitative estimate of drug-likeness (QED) is 0.658. The Morgan fingerprint density at radius 1 is 0.762 bits per heavy atom. The van der Waals surface area contributed by atoms with Crippen LogP contribution in [-0.2, 0) is 0 Å². The minimum Gasteiger partial charge on any atom is -0.393 e. The number of unbranched alkanes of at least 4 members (excludes halogenated alkanes) is 3. The molecule has 3 rings (SSSR count). The van der Waals surface area contributed by atoms with Crippen LogP contribution >= 0.6 is 0 Å². The zero-order valence-electron chi connectivity index (χ0n) is 14.1. The Morgan fingerprint density at radius 2 is 1.48 bits per heavy atom. The molecule has 3 aliphatic rings. The van der Waals surface area contributed by atoms with Crippen LogP contribution in [-0.4, -0.2) is 11.2 Å². The Balaban J connectivity index is 1.47. The Labute approximate surface area is 131 Å². The van der Waals surface area contributed by atoms with Crippen LogP contribution in [0.5, 0.6) is 0 Å². The predicted octanol–water partition coefficient (Wildman–Crippen LogP) is 5.56. The maximum atomic E-state index is 9.93. The summed E-state index contributed by atoms with van der Waals surface area (Å²) in [4.78, 5) is 0. The second kappa shape index (κ2) is 7.49. The van der Waals surface area contributed by atoms with E-state index in [1.165, 1.54) is 64.2 Å². The molecule has 1 N–H and O–H groups in total. The number of hydrogen-bond acceptors (Lipinski definition) is 1. The lowest BCUT2D eigenvalue weighted by atomic mass is 9.56. The molecule has 0 saturated heterocycles. The van der Waals surface area contributed by atoms with Crippen LogP contribution in [0.1, 0.15) is 90.4 Å². The highest BCUT2D eigenvalue weighted by Gasteiger charge is 2.44. The van der Waals surface area contributed by atoms with Gasteiger partial charge in [0.05, 0.1) is 6.10 Å². The highest BCUT2D eigenvalue weighted by Crippen LogP contribution is 2.52. The third-order valence-corrected chi connectivity index (χ3v) is 7.09. The van der Waals surface area contributed by atoms with E-state index in [9.17, 15) is 5.11 Å². The van der Waals surface area contributed by atoms with Crippen molar-refractivity contribution in [2.75, 3.05) is 0 Å². The lowest BCUT2D eigenvalue weighted by Gasteiger charge is -2.50. The molecule has 0 amide bonds. The third kappa shape index (κ3) is 3.84. The van der Waals surface area contributed by atoms with Gasteiger partial charge in [0.25, 0.3) is 0 Å². The van der Waals surface area contributed by atoms with Gasteiger partial charge in [0, 0.05) is 0 Å². The van der Waals surface area contributed by atoms with Gasteiger partial charge in [-0.2, -0.15) is 0 Å². The van der Waals surface area contributed by atoms with Crippen LogP contribution < -0.4 is 0 Å². The molecule has 1 nitrogen and oxygen atoms in total. The van der Waals surface area contributed by atoms with E-state index in [0.717, 1.165) is 42.4 Å². The average Bonchev–Trinajstić information content (AvgIpc) is 2.51. The SMILES string of the molecule is CCCCCC[C@@H]1CCC2C(CCC3C[C@@H](O)CCC32)C1. The van der Waals surface area contributed by atoms with Crippen molar-refractivity contribution in [2.45, 2.75) is 96.5 Å². The zero-order valence-corrected chi connectivity index (χ0v) is 14.1. The molecule has 0 aromatic rings. The fourth-order valence-electron chi connectivity index (χ4n) is 5.99. The molecule has 3 fully saturated rings. The Kier molecular flexibility index (Phi) is 5.65. The second-order valence-corrected chi connectivity index (χ2v) is 8.42. The summed E-state index contributed by atoms with van der Waals surface area (Å²) < 4.78 is 0. The first kappa shape index (κ1) is 15.8. The van der Waals surface area contributed by atoms with E-state index in [1.54, 1.807) is 6.42 Å². The van der Waals surface area contributed by atoms with Crippen LogP contribution in [0.15, 0.2) is 0 Å². The van der Waals surface area contributed by atoms with Gasteiger partial charge in [0.2, 0.25) is 0 Å². The number of hydrogen-bond donors (Lipinski definition) is 1. The molecule has 4 unspecified atom stereocenters. The van der Waals surface area contributed by atoms with Crippen LogP contribution in [0, 0.1) is 29.6 Å². The van der Waals surface area contributed by atoms with Gasteiger partial charge in [-0.3, -0.25) is 0 Å². The normalized spacial score (nSPS) is 43.1. The van der Waals surface area contributed by atoms with E-state index in [0.29, 0.717) is 0 Å². The predicted molar refractivity (Wildman–Crippen MR) is 89.2 cm³/mol. The van der Waals surface area contributed by atoms with Crippen LogP contribution in [0.25, 0.3) is 0 Å². The summed E-state index contributed by atoms with van der Waals surface area (Å²) in [6.07, 6.45) is 18.3. The molecule has 0 bridgehead atoms. The van der Waals surface area contributed by atoms with Gasteiger partial charge in [-0.15, -0.1) is 0 Å². The van der Waals surface area contributed by atoms with Crippen molar-refractivity contribution in [3.63, 3.8) is 0 Å². The van der Waals surface area contributed by atoms with Gasteiger partial charge in [-0.25, -0.2) is 0 Å². The summed E-state index contributed by atoms with van der Waals surface area (Å²) in [5.41, 5.74) is 0. The van der Waals surface area contributed by atoms with Crippen LogP contribution in [0.2, 0.25) is 0 Å². The molecular formula is C20H36O. The first-order valence-corrected chi connectivity index (χ1v) is 9.96. The molecule has 3 aliphatic carbocycles. The lowest BCUT2D eigenvalue weighted by molar-refractivity contribution is -0.0268. The second-order valence-electron chi connectivity index (χ2n) is 8.42. The smallest absolute Gasteiger partial charge is 0.0543 e. The van der Waals surface area contributed by atoms with E-state index < -0.39 is 0 Å². The van der Waals surface area contributed by atoms with Crippen molar-refractivity contribution in [1.29, 1.82) is 0 Å². The molecule has 6 atom stereocenters. The van der Waals surface area contributed by atoms with Crippen LogP contribution in [0.3, 0.4) is 0 Å². The van der Waals surface area contributed by atoms with Crippen molar-refractivity contribution in [1.82, 2.24) is 0 Å². The molecule has 0 heterocycles. The topological polar surface area (TPSA) is 20.2 Å². The fraction of sp³-hybridized carbons (Fsp3) is 1.00. The van der Waals surface area contributed by atoms with Crippen molar-refractivity contribution in [3.8, 4) is 0 Å². The summed E-state index contributed by atoms with van der Waals surface area (Å²) in [6.45, 7) is 2.31. The maximum Gasteiger partial charge on any atom is 0.0543 e. The number of fused-ring (bicyclic) bond motifs is 3. The van der Waals surface area contributed by atoms with E-state index in [-0.39, 0.29) is 6.10 Å². The van der Waals surface area contributed by atoms with Gasteiger partial charge < -0.3 is 5.11 Å². The van der Waals surface area contributed by atoms with E-state index in [4.69, 9.17) is 0 Å². The van der Waals surface area contributed by atoms with Gasteiger partial charge in [0.15, 0.2) is 0 Å². The Morgan fingerprint density at radius 3 is 2.24 bits per heavy atom. The first-order valence-electron chi connectivity index (χ1n) is 9.96. The summed E-state index contributed by atoms with van der Waals surface area (Å²) >= 11 is 0. The van der Waals surface area contributed by atoms with Gasteiger partial charge in [0.1, 0.15) is 0 Å². The van der Waals surface area contributed by atoms with E-state index in [1.807, 2.05) is 0 Å². The third-order valence-electron chi connectivity index (χ3n) is 7.09. The van der Waals surface area contributed by atoms with Gasteiger partial charge in [-0.1, -0.05) is 45.4 Å². The molecule has 0 aromatic heterocycles. The highest BCUT2D eigenvalue weighted by molar-refractivity contribution is 4.94. The largest absolute Gasteiger partial charge is 0.393 e. The Hall–Kier alpha value is -0.0400. The molecule has 0 radical (unpaired) electrons. The zero-order chi connectivity index (χ0) is 14.7. The number of aliphatic hydroxyl groups excluding tert-OH is 1. The molecular weight excluding hydrogens is 256 g/mol. The average molecular weight is 293 g/mol. The standard InChI is InChI=1S/C20H36O/c1-2-3-4-5-6-15-7-11-19-16(13-15)8-9-17-14-18(21)10-12-20(17)19/h15-21H,2-14H2,1H3/t15-,16?,17?,18+,19?,20?/m1/s1. The monoisotopic (exact) mass is 292 g/mol. The number of rotatable bonds is 5. The highest BCUT2D eigenvalue weighted by atomic mass is 16.3. The molecule has 0 aliphatic heterocycles. The summed E-state index contributed by atoms with van der Waals surface area (Å²) in [5, 5.41) is 9.93. The molecule has 122 valence electrons. The molecule has 3 saturated carbocycles.